The Morgan fingerprint density at radius 3 is 2.59 bits per heavy atom. The van der Waals surface area contributed by atoms with Crippen molar-refractivity contribution in [3.8, 4) is 0 Å². The number of anilines is 4. The van der Waals surface area contributed by atoms with Crippen LogP contribution in [-0.2, 0) is 11.3 Å². The molecule has 8 heteroatoms. The second-order valence-electron chi connectivity index (χ2n) is 8.81. The minimum atomic E-state index is -0.541. The number of thiophene rings is 1. The topological polar surface area (TPSA) is 109 Å². The lowest BCUT2D eigenvalue weighted by Gasteiger charge is -2.14. The summed E-state index contributed by atoms with van der Waals surface area (Å²) in [5, 5.41) is 12.8. The Bertz CT molecular complexity index is 1380. The molecule has 2 aromatic carbocycles. The molecule has 5 rings (SSSR count). The third-order valence-electron chi connectivity index (χ3n) is 6.16. The number of carbonyl (C=O) groups is 2. The second-order valence-corrected chi connectivity index (χ2v) is 9.72. The largest absolute Gasteiger partial charge is 0.380 e. The monoisotopic (exact) mass is 471 g/mol. The van der Waals surface area contributed by atoms with Crippen LogP contribution in [0.3, 0.4) is 0 Å². The van der Waals surface area contributed by atoms with E-state index in [2.05, 4.69) is 44.5 Å². The Morgan fingerprint density at radius 2 is 1.85 bits per heavy atom. The molecule has 1 saturated carbocycles. The van der Waals surface area contributed by atoms with E-state index in [0.717, 1.165) is 29.8 Å². The fourth-order valence-electron chi connectivity index (χ4n) is 3.73. The zero-order valence-electron chi connectivity index (χ0n) is 18.7. The van der Waals surface area contributed by atoms with Gasteiger partial charge in [0, 0.05) is 40.3 Å². The van der Waals surface area contributed by atoms with Gasteiger partial charge < -0.3 is 21.7 Å². The van der Waals surface area contributed by atoms with E-state index in [1.807, 2.05) is 37.3 Å². The molecule has 0 radical (unpaired) electrons. The molecule has 172 valence electrons. The van der Waals surface area contributed by atoms with Gasteiger partial charge in [-0.25, -0.2) is 4.98 Å². The molecular formula is C26H25N5O2S. The van der Waals surface area contributed by atoms with Crippen molar-refractivity contribution in [2.24, 2.45) is 11.1 Å². The van der Waals surface area contributed by atoms with Crippen molar-refractivity contribution in [1.82, 2.24) is 4.98 Å². The van der Waals surface area contributed by atoms with Crippen LogP contribution in [0, 0.1) is 5.41 Å². The number of fused-ring (bicyclic) bond motifs is 1. The quantitative estimate of drug-likeness (QED) is 0.272. The number of amides is 2. The number of rotatable bonds is 8. The van der Waals surface area contributed by atoms with Gasteiger partial charge in [-0.2, -0.15) is 0 Å². The van der Waals surface area contributed by atoms with Gasteiger partial charge in [0.2, 0.25) is 5.91 Å². The van der Waals surface area contributed by atoms with Gasteiger partial charge in [-0.15, -0.1) is 11.3 Å². The van der Waals surface area contributed by atoms with Crippen molar-refractivity contribution in [3.63, 3.8) is 0 Å². The standard InChI is InChI=1S/C26H25N5O2S/c1-26(10-11-26)25(33)31-19-7-5-18(6-8-19)30-22-13-21(20(15-29-22)24(27)32)28-14-17-4-2-3-16-9-12-34-23(16)17/h2-9,12-13,15H,10-11,14H2,1H3,(H2,27,32)(H,31,33)(H2,28,29,30). The van der Waals surface area contributed by atoms with Crippen LogP contribution in [0.4, 0.5) is 22.9 Å². The number of pyridine rings is 1. The van der Waals surface area contributed by atoms with Crippen LogP contribution in [0.15, 0.2) is 66.2 Å². The van der Waals surface area contributed by atoms with Crippen molar-refractivity contribution in [2.75, 3.05) is 16.0 Å². The Kier molecular flexibility index (Phi) is 5.67. The lowest BCUT2D eigenvalue weighted by Crippen LogP contribution is -2.21. The summed E-state index contributed by atoms with van der Waals surface area (Å²) in [6, 6.07) is 17.5. The third-order valence-corrected chi connectivity index (χ3v) is 7.17. The van der Waals surface area contributed by atoms with Crippen molar-refractivity contribution in [3.05, 3.63) is 77.3 Å². The minimum Gasteiger partial charge on any atom is -0.380 e. The molecule has 0 atom stereocenters. The lowest BCUT2D eigenvalue weighted by molar-refractivity contribution is -0.120. The summed E-state index contributed by atoms with van der Waals surface area (Å²) in [5.74, 6) is 0.0929. The summed E-state index contributed by atoms with van der Waals surface area (Å²) in [4.78, 5) is 28.5. The summed E-state index contributed by atoms with van der Waals surface area (Å²) < 4.78 is 1.21. The van der Waals surface area contributed by atoms with Crippen LogP contribution >= 0.6 is 11.3 Å². The molecule has 4 aromatic rings. The van der Waals surface area contributed by atoms with Gasteiger partial charge in [-0.05, 0) is 59.5 Å². The number of aromatic nitrogens is 1. The van der Waals surface area contributed by atoms with Crippen molar-refractivity contribution in [1.29, 1.82) is 0 Å². The molecule has 0 spiro atoms. The molecule has 0 aliphatic heterocycles. The van der Waals surface area contributed by atoms with Gasteiger partial charge in [0.15, 0.2) is 0 Å². The van der Waals surface area contributed by atoms with Gasteiger partial charge in [-0.3, -0.25) is 9.59 Å². The highest BCUT2D eigenvalue weighted by Gasteiger charge is 2.44. The number of nitrogens with zero attached hydrogens (tertiary/aromatic N) is 1. The molecule has 5 N–H and O–H groups in total. The van der Waals surface area contributed by atoms with E-state index in [4.69, 9.17) is 5.73 Å². The Morgan fingerprint density at radius 1 is 1.09 bits per heavy atom. The molecule has 1 aliphatic carbocycles. The molecule has 1 aliphatic rings. The summed E-state index contributed by atoms with van der Waals surface area (Å²) in [7, 11) is 0. The van der Waals surface area contributed by atoms with Crippen molar-refractivity contribution < 1.29 is 9.59 Å². The average Bonchev–Trinajstić information content (AvgIpc) is 3.40. The Labute approximate surface area is 201 Å². The zero-order valence-corrected chi connectivity index (χ0v) is 19.5. The smallest absolute Gasteiger partial charge is 0.252 e. The second kappa shape index (κ2) is 8.79. The SMILES string of the molecule is CC1(C(=O)Nc2ccc(Nc3cc(NCc4cccc5ccsc45)c(C(N)=O)cn3)cc2)CC1. The predicted octanol–water partition coefficient (Wildman–Crippen LogP) is 5.49. The number of nitrogens with one attached hydrogen (secondary N) is 3. The van der Waals surface area contributed by atoms with Gasteiger partial charge in [-0.1, -0.05) is 25.1 Å². The van der Waals surface area contributed by atoms with Crippen LogP contribution < -0.4 is 21.7 Å². The van der Waals surface area contributed by atoms with Gasteiger partial charge in [0.05, 0.1) is 11.3 Å². The van der Waals surface area contributed by atoms with Crippen LogP contribution in [0.1, 0.15) is 35.7 Å². The van der Waals surface area contributed by atoms with Crippen LogP contribution in [0.25, 0.3) is 10.1 Å². The van der Waals surface area contributed by atoms with E-state index in [9.17, 15) is 9.59 Å². The first-order chi connectivity index (χ1) is 16.4. The summed E-state index contributed by atoms with van der Waals surface area (Å²) in [6.45, 7) is 2.53. The summed E-state index contributed by atoms with van der Waals surface area (Å²) in [6.07, 6.45) is 3.35. The van der Waals surface area contributed by atoms with Gasteiger partial charge in [0.25, 0.3) is 5.91 Å². The van der Waals surface area contributed by atoms with E-state index >= 15 is 0 Å². The maximum absolute atomic E-state index is 12.2. The highest BCUT2D eigenvalue weighted by Crippen LogP contribution is 2.45. The molecular weight excluding hydrogens is 446 g/mol. The highest BCUT2D eigenvalue weighted by molar-refractivity contribution is 7.17. The molecule has 0 bridgehead atoms. The van der Waals surface area contributed by atoms with E-state index < -0.39 is 5.91 Å². The summed E-state index contributed by atoms with van der Waals surface area (Å²) in [5.41, 5.74) is 9.01. The Balaban J connectivity index is 1.30. The maximum Gasteiger partial charge on any atom is 0.252 e. The van der Waals surface area contributed by atoms with Crippen LogP contribution in [0.2, 0.25) is 0 Å². The number of carbonyl (C=O) groups excluding carboxylic acids is 2. The van der Waals surface area contributed by atoms with E-state index in [1.165, 1.54) is 16.3 Å². The van der Waals surface area contributed by atoms with E-state index in [1.54, 1.807) is 17.4 Å². The van der Waals surface area contributed by atoms with Gasteiger partial charge >= 0.3 is 0 Å². The fourth-order valence-corrected chi connectivity index (χ4v) is 4.65. The maximum atomic E-state index is 12.2. The number of hydrogen-bond acceptors (Lipinski definition) is 6. The summed E-state index contributed by atoms with van der Waals surface area (Å²) >= 11 is 1.69. The van der Waals surface area contributed by atoms with E-state index in [0.29, 0.717) is 23.6 Å². The van der Waals surface area contributed by atoms with Gasteiger partial charge in [0.1, 0.15) is 5.82 Å². The Hall–Kier alpha value is -3.91. The predicted molar refractivity (Wildman–Crippen MR) is 138 cm³/mol. The number of hydrogen-bond donors (Lipinski definition) is 4. The first kappa shape index (κ1) is 21.9. The molecule has 0 unspecified atom stereocenters. The number of primary amides is 1. The zero-order chi connectivity index (χ0) is 23.7. The lowest BCUT2D eigenvalue weighted by atomic mass is 10.1. The van der Waals surface area contributed by atoms with Crippen molar-refractivity contribution in [2.45, 2.75) is 26.3 Å². The number of benzene rings is 2. The van der Waals surface area contributed by atoms with Crippen LogP contribution in [-0.4, -0.2) is 16.8 Å². The first-order valence-electron chi connectivity index (χ1n) is 11.1. The van der Waals surface area contributed by atoms with Crippen molar-refractivity contribution >= 4 is 56.1 Å². The third kappa shape index (κ3) is 4.58. The molecule has 2 amide bonds. The highest BCUT2D eigenvalue weighted by atomic mass is 32.1. The normalized spacial score (nSPS) is 13.9. The molecule has 2 heterocycles. The average molecular weight is 472 g/mol. The first-order valence-corrected chi connectivity index (χ1v) is 12.0. The molecule has 34 heavy (non-hydrogen) atoms. The van der Waals surface area contributed by atoms with Crippen LogP contribution in [0.5, 0.6) is 0 Å². The fraction of sp³-hybridized carbons (Fsp3) is 0.192. The molecule has 1 fully saturated rings. The molecule has 0 saturated heterocycles. The molecule has 7 nitrogen and oxygen atoms in total. The molecule has 2 aromatic heterocycles. The number of nitrogens with two attached hydrogens (primary N) is 1. The minimum absolute atomic E-state index is 0.0610. The van der Waals surface area contributed by atoms with E-state index in [-0.39, 0.29) is 11.3 Å².